The van der Waals surface area contributed by atoms with Gasteiger partial charge in [-0.25, -0.2) is 9.97 Å². The minimum Gasteiger partial charge on any atom is -0.508 e. The van der Waals surface area contributed by atoms with E-state index in [1.54, 1.807) is 24.4 Å². The maximum atomic E-state index is 12.1. The van der Waals surface area contributed by atoms with E-state index >= 15 is 0 Å². The molecule has 2 atom stereocenters. The molecule has 3 heterocycles. The van der Waals surface area contributed by atoms with E-state index in [1.165, 1.54) is 7.11 Å². The number of nitrogens with one attached hydrogen (secondary N) is 1. The highest BCUT2D eigenvalue weighted by Gasteiger charge is 2.37. The second kappa shape index (κ2) is 7.61. The average Bonchev–Trinajstić information content (AvgIpc) is 3.33. The van der Waals surface area contributed by atoms with Gasteiger partial charge in [0, 0.05) is 45.7 Å². The van der Waals surface area contributed by atoms with Crippen molar-refractivity contribution in [3.63, 3.8) is 0 Å². The molecule has 1 aliphatic rings. The lowest BCUT2D eigenvalue weighted by atomic mass is 10.0. The standard InChI is InChI=1S/C19H23N5O4/c1-23-6-5-20-19(23)13-8-24(9-15(13)21-17(26)11-27-2)10-18-22-14-4-3-12(25)7-16(14)28-18/h3-7,13,15,25H,8-11H2,1-2H3,(H,21,26)/t13-,15-/m1/s1. The number of oxazole rings is 1. The Kier molecular flexibility index (Phi) is 5.01. The van der Waals surface area contributed by atoms with Crippen LogP contribution in [0.5, 0.6) is 5.75 Å². The molecule has 1 fully saturated rings. The van der Waals surface area contributed by atoms with Crippen molar-refractivity contribution in [3.05, 3.63) is 42.3 Å². The second-order valence-corrected chi connectivity index (χ2v) is 7.06. The van der Waals surface area contributed by atoms with Crippen molar-refractivity contribution in [1.29, 1.82) is 0 Å². The Bertz CT molecular complexity index is 982. The number of rotatable bonds is 6. The third-order valence-electron chi connectivity index (χ3n) is 4.98. The van der Waals surface area contributed by atoms with E-state index in [0.717, 1.165) is 5.82 Å². The van der Waals surface area contributed by atoms with Gasteiger partial charge in [-0.05, 0) is 12.1 Å². The molecule has 1 amide bonds. The minimum atomic E-state index is -0.147. The van der Waals surface area contributed by atoms with Crippen LogP contribution < -0.4 is 5.32 Å². The van der Waals surface area contributed by atoms with Crippen molar-refractivity contribution < 1.29 is 19.1 Å². The number of nitrogens with zero attached hydrogens (tertiary/aromatic N) is 4. The number of phenolic OH excluding ortho intramolecular Hbond substituents is 1. The van der Waals surface area contributed by atoms with Crippen LogP contribution in [0.2, 0.25) is 0 Å². The first-order chi connectivity index (χ1) is 13.5. The molecule has 1 aromatic carbocycles. The van der Waals surface area contributed by atoms with Crippen molar-refractivity contribution >= 4 is 17.0 Å². The Balaban J connectivity index is 1.52. The zero-order chi connectivity index (χ0) is 19.7. The molecule has 0 radical (unpaired) electrons. The van der Waals surface area contributed by atoms with Crippen LogP contribution in [0.3, 0.4) is 0 Å². The predicted octanol–water partition coefficient (Wildman–Crippen LogP) is 0.997. The summed E-state index contributed by atoms with van der Waals surface area (Å²) < 4.78 is 12.7. The molecule has 0 unspecified atom stereocenters. The van der Waals surface area contributed by atoms with E-state index in [4.69, 9.17) is 9.15 Å². The van der Waals surface area contributed by atoms with Crippen LogP contribution in [0.4, 0.5) is 0 Å². The van der Waals surface area contributed by atoms with Gasteiger partial charge in [0.15, 0.2) is 5.58 Å². The average molecular weight is 385 g/mol. The number of imidazole rings is 1. The SMILES string of the molecule is COCC(=O)N[C@@H]1CN(Cc2nc3ccc(O)cc3o2)C[C@H]1c1nccn1C. The van der Waals surface area contributed by atoms with Crippen molar-refractivity contribution in [2.45, 2.75) is 18.5 Å². The van der Waals surface area contributed by atoms with Crippen molar-refractivity contribution in [2.24, 2.45) is 7.05 Å². The maximum Gasteiger partial charge on any atom is 0.246 e. The number of benzene rings is 1. The van der Waals surface area contributed by atoms with Gasteiger partial charge in [0.2, 0.25) is 11.8 Å². The summed E-state index contributed by atoms with van der Waals surface area (Å²) in [7, 11) is 3.45. The van der Waals surface area contributed by atoms with E-state index in [-0.39, 0.29) is 30.2 Å². The number of carbonyl (C=O) groups is 1. The molecule has 0 spiro atoms. The van der Waals surface area contributed by atoms with Gasteiger partial charge in [-0.2, -0.15) is 0 Å². The number of fused-ring (bicyclic) bond motifs is 1. The van der Waals surface area contributed by atoms with Gasteiger partial charge >= 0.3 is 0 Å². The zero-order valence-electron chi connectivity index (χ0n) is 15.8. The number of hydrogen-bond acceptors (Lipinski definition) is 7. The minimum absolute atomic E-state index is 0.0262. The summed E-state index contributed by atoms with van der Waals surface area (Å²) in [5, 5.41) is 12.6. The van der Waals surface area contributed by atoms with Gasteiger partial charge < -0.3 is 24.1 Å². The van der Waals surface area contributed by atoms with Crippen LogP contribution in [0, 0.1) is 0 Å². The molecule has 3 aromatic rings. The van der Waals surface area contributed by atoms with Gasteiger partial charge in [0.25, 0.3) is 0 Å². The molecule has 4 rings (SSSR count). The van der Waals surface area contributed by atoms with Gasteiger partial charge in [-0.1, -0.05) is 0 Å². The number of hydrogen-bond donors (Lipinski definition) is 2. The summed E-state index contributed by atoms with van der Waals surface area (Å²) in [5.74, 6) is 1.54. The lowest BCUT2D eigenvalue weighted by Gasteiger charge is -2.19. The molecular formula is C19H23N5O4. The van der Waals surface area contributed by atoms with Crippen LogP contribution in [0.15, 0.2) is 35.0 Å². The van der Waals surface area contributed by atoms with E-state index in [0.29, 0.717) is 36.6 Å². The van der Waals surface area contributed by atoms with Crippen molar-refractivity contribution in [1.82, 2.24) is 24.8 Å². The van der Waals surface area contributed by atoms with E-state index in [9.17, 15) is 9.90 Å². The topological polar surface area (TPSA) is 106 Å². The molecule has 1 saturated heterocycles. The van der Waals surface area contributed by atoms with Gasteiger partial charge in [0.1, 0.15) is 23.7 Å². The molecule has 0 bridgehead atoms. The second-order valence-electron chi connectivity index (χ2n) is 7.06. The lowest BCUT2D eigenvalue weighted by molar-refractivity contribution is -0.125. The largest absolute Gasteiger partial charge is 0.508 e. The third kappa shape index (κ3) is 3.71. The number of aromatic hydroxyl groups is 1. The molecular weight excluding hydrogens is 362 g/mol. The summed E-state index contributed by atoms with van der Waals surface area (Å²) in [5.41, 5.74) is 1.26. The fraction of sp³-hybridized carbons (Fsp3) is 0.421. The summed E-state index contributed by atoms with van der Waals surface area (Å²) in [6, 6.07) is 4.78. The summed E-state index contributed by atoms with van der Waals surface area (Å²) in [6.07, 6.45) is 3.67. The highest BCUT2D eigenvalue weighted by Crippen LogP contribution is 2.28. The van der Waals surface area contributed by atoms with Gasteiger partial charge in [0.05, 0.1) is 18.5 Å². The Morgan fingerprint density at radius 2 is 2.29 bits per heavy atom. The molecule has 9 nitrogen and oxygen atoms in total. The van der Waals surface area contributed by atoms with E-state index in [1.807, 2.05) is 17.8 Å². The Morgan fingerprint density at radius 1 is 1.43 bits per heavy atom. The molecule has 1 aliphatic heterocycles. The number of methoxy groups -OCH3 is 1. The molecule has 2 aromatic heterocycles. The number of amides is 1. The normalized spacial score (nSPS) is 20.1. The molecule has 28 heavy (non-hydrogen) atoms. The quantitative estimate of drug-likeness (QED) is 0.652. The Morgan fingerprint density at radius 3 is 3.04 bits per heavy atom. The zero-order valence-corrected chi connectivity index (χ0v) is 15.8. The first kappa shape index (κ1) is 18.5. The highest BCUT2D eigenvalue weighted by molar-refractivity contribution is 5.77. The molecule has 0 aliphatic carbocycles. The lowest BCUT2D eigenvalue weighted by Crippen LogP contribution is -2.41. The van der Waals surface area contributed by atoms with Crippen LogP contribution in [0.1, 0.15) is 17.6 Å². The van der Waals surface area contributed by atoms with Crippen molar-refractivity contribution in [3.8, 4) is 5.75 Å². The number of phenols is 1. The molecule has 9 heteroatoms. The first-order valence-electron chi connectivity index (χ1n) is 9.10. The fourth-order valence-corrected chi connectivity index (χ4v) is 3.76. The van der Waals surface area contributed by atoms with Crippen LogP contribution in [-0.4, -0.2) is 63.3 Å². The molecule has 2 N–H and O–H groups in total. The van der Waals surface area contributed by atoms with Gasteiger partial charge in [-0.15, -0.1) is 0 Å². The summed E-state index contributed by atoms with van der Waals surface area (Å²) in [4.78, 5) is 23.2. The number of carbonyl (C=O) groups excluding carboxylic acids is 1. The van der Waals surface area contributed by atoms with E-state index in [2.05, 4.69) is 20.2 Å². The summed E-state index contributed by atoms with van der Waals surface area (Å²) >= 11 is 0. The number of aryl methyl sites for hydroxylation is 1. The number of aromatic nitrogens is 3. The first-order valence-corrected chi connectivity index (χ1v) is 9.10. The predicted molar refractivity (Wildman–Crippen MR) is 101 cm³/mol. The van der Waals surface area contributed by atoms with Gasteiger partial charge in [-0.3, -0.25) is 9.69 Å². The highest BCUT2D eigenvalue weighted by atomic mass is 16.5. The third-order valence-corrected chi connectivity index (χ3v) is 4.98. The molecule has 148 valence electrons. The fourth-order valence-electron chi connectivity index (χ4n) is 3.76. The maximum absolute atomic E-state index is 12.1. The van der Waals surface area contributed by atoms with Crippen LogP contribution in [0.25, 0.3) is 11.1 Å². The monoisotopic (exact) mass is 385 g/mol. The number of likely N-dealkylation sites (tertiary alicyclic amines) is 1. The van der Waals surface area contributed by atoms with E-state index < -0.39 is 0 Å². The Labute approximate surface area is 161 Å². The van der Waals surface area contributed by atoms with Crippen molar-refractivity contribution in [2.75, 3.05) is 26.8 Å². The number of ether oxygens (including phenoxy) is 1. The molecule has 0 saturated carbocycles. The Hall–Kier alpha value is -2.91. The van der Waals surface area contributed by atoms with Crippen LogP contribution in [-0.2, 0) is 23.1 Å². The van der Waals surface area contributed by atoms with Crippen LogP contribution >= 0.6 is 0 Å². The smallest absolute Gasteiger partial charge is 0.246 e. The summed E-state index contributed by atoms with van der Waals surface area (Å²) in [6.45, 7) is 1.90.